The Balaban J connectivity index is 1.85. The molecule has 122 valence electrons. The molecule has 0 saturated heterocycles. The first-order valence-electron chi connectivity index (χ1n) is 6.72. The molecule has 0 aromatic heterocycles. The van der Waals surface area contributed by atoms with Gasteiger partial charge in [-0.25, -0.2) is 8.78 Å². The molecule has 7 heteroatoms. The van der Waals surface area contributed by atoms with E-state index in [0.717, 1.165) is 17.7 Å². The lowest BCUT2D eigenvalue weighted by atomic mass is 10.1. The number of rotatable bonds is 6. The van der Waals surface area contributed by atoms with Crippen molar-refractivity contribution in [1.82, 2.24) is 5.32 Å². The Bertz CT molecular complexity index is 654. The van der Waals surface area contributed by atoms with E-state index >= 15 is 0 Å². The molecule has 0 atom stereocenters. The summed E-state index contributed by atoms with van der Waals surface area (Å²) < 4.78 is 54.3. The van der Waals surface area contributed by atoms with Gasteiger partial charge in [-0.1, -0.05) is 12.1 Å². The molecule has 2 aromatic rings. The summed E-state index contributed by atoms with van der Waals surface area (Å²) in [7, 11) is 0. The summed E-state index contributed by atoms with van der Waals surface area (Å²) in [5.74, 6) is -2.21. The highest BCUT2D eigenvalue weighted by atomic mass is 19.3. The number of alkyl halides is 2. The number of hydrogen-bond donors (Lipinski definition) is 1. The third-order valence-corrected chi connectivity index (χ3v) is 2.97. The van der Waals surface area contributed by atoms with Crippen molar-refractivity contribution in [3.8, 4) is 5.75 Å². The van der Waals surface area contributed by atoms with Gasteiger partial charge in [0.2, 0.25) is 0 Å². The zero-order valence-corrected chi connectivity index (χ0v) is 11.9. The Labute approximate surface area is 129 Å². The number of halogens is 4. The molecular formula is C16H13F4NO2. The fourth-order valence-corrected chi connectivity index (χ4v) is 1.94. The molecule has 0 unspecified atom stereocenters. The molecule has 0 aliphatic heterocycles. The van der Waals surface area contributed by atoms with Crippen molar-refractivity contribution in [2.45, 2.75) is 13.0 Å². The maximum absolute atomic E-state index is 13.0. The van der Waals surface area contributed by atoms with Crippen molar-refractivity contribution in [2.24, 2.45) is 0 Å². The van der Waals surface area contributed by atoms with Gasteiger partial charge in [0.05, 0.1) is 0 Å². The summed E-state index contributed by atoms with van der Waals surface area (Å²) in [6.45, 7) is -2.65. The molecule has 1 N–H and O–H groups in total. The highest BCUT2D eigenvalue weighted by molar-refractivity contribution is 5.94. The topological polar surface area (TPSA) is 38.3 Å². The highest BCUT2D eigenvalue weighted by Gasteiger charge is 2.09. The van der Waals surface area contributed by atoms with Crippen LogP contribution in [0.5, 0.6) is 5.75 Å². The fraction of sp³-hybridized carbons (Fsp3) is 0.188. The third kappa shape index (κ3) is 5.28. The second kappa shape index (κ2) is 7.62. The SMILES string of the molecule is O=C(NCCc1ccc(OC(F)F)cc1)c1cc(F)cc(F)c1. The van der Waals surface area contributed by atoms with Gasteiger partial charge in [0.15, 0.2) is 0 Å². The second-order valence-electron chi connectivity index (χ2n) is 4.69. The maximum Gasteiger partial charge on any atom is 0.387 e. The molecule has 0 radical (unpaired) electrons. The molecule has 2 aromatic carbocycles. The van der Waals surface area contributed by atoms with Crippen LogP contribution in [0.15, 0.2) is 42.5 Å². The van der Waals surface area contributed by atoms with Gasteiger partial charge in [-0.15, -0.1) is 0 Å². The normalized spacial score (nSPS) is 10.7. The van der Waals surface area contributed by atoms with E-state index in [2.05, 4.69) is 10.1 Å². The zero-order valence-electron chi connectivity index (χ0n) is 11.9. The van der Waals surface area contributed by atoms with Crippen LogP contribution in [0.2, 0.25) is 0 Å². The van der Waals surface area contributed by atoms with E-state index in [-0.39, 0.29) is 17.9 Å². The van der Waals surface area contributed by atoms with Crippen LogP contribution in [-0.4, -0.2) is 19.1 Å². The van der Waals surface area contributed by atoms with E-state index in [0.29, 0.717) is 12.5 Å². The lowest BCUT2D eigenvalue weighted by Crippen LogP contribution is -2.25. The molecule has 0 fully saturated rings. The van der Waals surface area contributed by atoms with Crippen molar-refractivity contribution < 1.29 is 27.1 Å². The van der Waals surface area contributed by atoms with Gasteiger partial charge in [0.25, 0.3) is 5.91 Å². The summed E-state index contributed by atoms with van der Waals surface area (Å²) in [6.07, 6.45) is 0.429. The predicted molar refractivity (Wildman–Crippen MR) is 75.5 cm³/mol. The molecule has 0 aliphatic rings. The maximum atomic E-state index is 13.0. The van der Waals surface area contributed by atoms with Crippen LogP contribution in [0.1, 0.15) is 15.9 Å². The minimum atomic E-state index is -2.88. The van der Waals surface area contributed by atoms with Gasteiger partial charge in [-0.2, -0.15) is 8.78 Å². The van der Waals surface area contributed by atoms with E-state index in [1.807, 2.05) is 0 Å². The van der Waals surface area contributed by atoms with E-state index < -0.39 is 24.2 Å². The zero-order chi connectivity index (χ0) is 16.8. The summed E-state index contributed by atoms with van der Waals surface area (Å²) in [6, 6.07) is 8.53. The summed E-state index contributed by atoms with van der Waals surface area (Å²) in [5.41, 5.74) is 0.681. The van der Waals surface area contributed by atoms with Crippen LogP contribution < -0.4 is 10.1 Å². The Morgan fingerprint density at radius 3 is 2.22 bits per heavy atom. The number of benzene rings is 2. The van der Waals surface area contributed by atoms with E-state index in [1.54, 1.807) is 12.1 Å². The molecule has 0 aliphatic carbocycles. The fourth-order valence-electron chi connectivity index (χ4n) is 1.94. The Morgan fingerprint density at radius 2 is 1.65 bits per heavy atom. The number of carbonyl (C=O) groups is 1. The third-order valence-electron chi connectivity index (χ3n) is 2.97. The first-order chi connectivity index (χ1) is 10.9. The quantitative estimate of drug-likeness (QED) is 0.824. The molecule has 0 bridgehead atoms. The largest absolute Gasteiger partial charge is 0.435 e. The minimum absolute atomic E-state index is 0.0445. The van der Waals surface area contributed by atoms with Crippen LogP contribution in [-0.2, 0) is 6.42 Å². The molecule has 0 spiro atoms. The average molecular weight is 327 g/mol. The Morgan fingerprint density at radius 1 is 1.04 bits per heavy atom. The highest BCUT2D eigenvalue weighted by Crippen LogP contribution is 2.15. The summed E-state index contributed by atoms with van der Waals surface area (Å²) in [5, 5.41) is 2.53. The molecule has 23 heavy (non-hydrogen) atoms. The lowest BCUT2D eigenvalue weighted by Gasteiger charge is -2.07. The number of ether oxygens (including phenoxy) is 1. The number of amides is 1. The van der Waals surface area contributed by atoms with Crippen LogP contribution in [0, 0.1) is 11.6 Å². The van der Waals surface area contributed by atoms with Gasteiger partial charge in [-0.05, 0) is 36.2 Å². The van der Waals surface area contributed by atoms with Crippen molar-refractivity contribution in [3.05, 3.63) is 65.2 Å². The van der Waals surface area contributed by atoms with Gasteiger partial charge in [0, 0.05) is 18.2 Å². The van der Waals surface area contributed by atoms with Crippen LogP contribution in [0.3, 0.4) is 0 Å². The molecule has 1 amide bonds. The molecule has 0 saturated carbocycles. The van der Waals surface area contributed by atoms with E-state index in [9.17, 15) is 22.4 Å². The monoisotopic (exact) mass is 327 g/mol. The van der Waals surface area contributed by atoms with E-state index in [4.69, 9.17) is 0 Å². The summed E-state index contributed by atoms with van der Waals surface area (Å²) in [4.78, 5) is 11.8. The Hall–Kier alpha value is -2.57. The van der Waals surface area contributed by atoms with Crippen LogP contribution in [0.25, 0.3) is 0 Å². The first-order valence-corrected chi connectivity index (χ1v) is 6.72. The molecule has 2 rings (SSSR count). The second-order valence-corrected chi connectivity index (χ2v) is 4.69. The smallest absolute Gasteiger partial charge is 0.387 e. The molecule has 0 heterocycles. The van der Waals surface area contributed by atoms with Crippen LogP contribution >= 0.6 is 0 Å². The van der Waals surface area contributed by atoms with Crippen molar-refractivity contribution in [1.29, 1.82) is 0 Å². The van der Waals surface area contributed by atoms with Gasteiger partial charge in [-0.3, -0.25) is 4.79 Å². The number of hydrogen-bond acceptors (Lipinski definition) is 2. The van der Waals surface area contributed by atoms with Gasteiger partial charge in [0.1, 0.15) is 17.4 Å². The predicted octanol–water partition coefficient (Wildman–Crippen LogP) is 3.54. The number of carbonyl (C=O) groups excluding carboxylic acids is 1. The van der Waals surface area contributed by atoms with E-state index in [1.165, 1.54) is 12.1 Å². The first kappa shape index (κ1) is 16.8. The Kier molecular flexibility index (Phi) is 5.56. The minimum Gasteiger partial charge on any atom is -0.435 e. The summed E-state index contributed by atoms with van der Waals surface area (Å²) >= 11 is 0. The van der Waals surface area contributed by atoms with Crippen molar-refractivity contribution >= 4 is 5.91 Å². The molecule has 3 nitrogen and oxygen atoms in total. The van der Waals surface area contributed by atoms with Gasteiger partial charge < -0.3 is 10.1 Å². The average Bonchev–Trinajstić information content (AvgIpc) is 2.47. The molecular weight excluding hydrogens is 314 g/mol. The standard InChI is InChI=1S/C16H13F4NO2/c17-12-7-11(8-13(18)9-12)15(22)21-6-5-10-1-3-14(4-2-10)23-16(19)20/h1-4,7-9,16H,5-6H2,(H,21,22). The van der Waals surface area contributed by atoms with Crippen LogP contribution in [0.4, 0.5) is 17.6 Å². The lowest BCUT2D eigenvalue weighted by molar-refractivity contribution is -0.0498. The van der Waals surface area contributed by atoms with Crippen molar-refractivity contribution in [2.75, 3.05) is 6.54 Å². The van der Waals surface area contributed by atoms with Gasteiger partial charge >= 0.3 is 6.61 Å². The number of nitrogens with one attached hydrogen (secondary N) is 1. The van der Waals surface area contributed by atoms with Crippen molar-refractivity contribution in [3.63, 3.8) is 0 Å².